The van der Waals surface area contributed by atoms with Crippen molar-refractivity contribution in [1.82, 2.24) is 15.3 Å². The van der Waals surface area contributed by atoms with Crippen LogP contribution >= 0.6 is 0 Å². The van der Waals surface area contributed by atoms with Gasteiger partial charge < -0.3 is 15.0 Å². The first kappa shape index (κ1) is 12.6. The van der Waals surface area contributed by atoms with Crippen LogP contribution in [0.1, 0.15) is 25.7 Å². The van der Waals surface area contributed by atoms with Crippen LogP contribution in [0, 0.1) is 0 Å². The summed E-state index contributed by atoms with van der Waals surface area (Å²) < 4.78 is 4.96. The molecule has 2 aromatic rings. The standard InChI is InChI=1S/C13H17N3O2/c1-8(14-13(17)9(2)18-3)12-15-10-6-4-5-7-11(10)16-12/h4-9H,1-3H3,(H,14,17)(H,15,16)/t8-,9?/m0/s1. The molecule has 0 bridgehead atoms. The first-order valence-corrected chi connectivity index (χ1v) is 5.89. The first-order chi connectivity index (χ1) is 8.61. The van der Waals surface area contributed by atoms with E-state index in [0.717, 1.165) is 16.9 Å². The van der Waals surface area contributed by atoms with E-state index in [1.165, 1.54) is 7.11 Å². The number of carbonyl (C=O) groups is 1. The molecule has 0 saturated carbocycles. The van der Waals surface area contributed by atoms with Crippen LogP contribution in [0.4, 0.5) is 0 Å². The van der Waals surface area contributed by atoms with Gasteiger partial charge in [-0.15, -0.1) is 0 Å². The second-order valence-corrected chi connectivity index (χ2v) is 4.25. The molecule has 1 unspecified atom stereocenters. The summed E-state index contributed by atoms with van der Waals surface area (Å²) in [5, 5.41) is 2.85. The third kappa shape index (κ3) is 2.51. The molecule has 5 nitrogen and oxygen atoms in total. The zero-order valence-electron chi connectivity index (χ0n) is 10.7. The Labute approximate surface area is 106 Å². The van der Waals surface area contributed by atoms with Crippen LogP contribution in [-0.2, 0) is 9.53 Å². The summed E-state index contributed by atoms with van der Waals surface area (Å²) >= 11 is 0. The van der Waals surface area contributed by atoms with Crippen molar-refractivity contribution in [2.75, 3.05) is 7.11 Å². The lowest BCUT2D eigenvalue weighted by atomic mass is 10.3. The van der Waals surface area contributed by atoms with Gasteiger partial charge in [0.15, 0.2) is 0 Å². The predicted octanol–water partition coefficient (Wildman–Crippen LogP) is 1.78. The molecule has 1 aromatic carbocycles. The first-order valence-electron chi connectivity index (χ1n) is 5.89. The van der Waals surface area contributed by atoms with Gasteiger partial charge in [0.05, 0.1) is 17.1 Å². The zero-order valence-corrected chi connectivity index (χ0v) is 10.7. The average molecular weight is 247 g/mol. The third-order valence-electron chi connectivity index (χ3n) is 2.90. The normalized spacial score (nSPS) is 14.4. The van der Waals surface area contributed by atoms with Crippen molar-refractivity contribution in [1.29, 1.82) is 0 Å². The van der Waals surface area contributed by atoms with Crippen LogP contribution in [0.25, 0.3) is 11.0 Å². The van der Waals surface area contributed by atoms with E-state index < -0.39 is 6.10 Å². The van der Waals surface area contributed by atoms with Crippen LogP contribution in [0.3, 0.4) is 0 Å². The summed E-state index contributed by atoms with van der Waals surface area (Å²) in [7, 11) is 1.51. The van der Waals surface area contributed by atoms with Gasteiger partial charge in [-0.2, -0.15) is 0 Å². The quantitative estimate of drug-likeness (QED) is 0.865. The number of carbonyl (C=O) groups excluding carboxylic acids is 1. The SMILES string of the molecule is COC(C)C(=O)N[C@@H](C)c1nc2ccccc2[nH]1. The van der Waals surface area contributed by atoms with Crippen LogP contribution in [0.2, 0.25) is 0 Å². The van der Waals surface area contributed by atoms with Gasteiger partial charge in [0.1, 0.15) is 11.9 Å². The fourth-order valence-electron chi connectivity index (χ4n) is 1.68. The number of imidazole rings is 1. The number of aromatic nitrogens is 2. The van der Waals surface area contributed by atoms with Crippen molar-refractivity contribution in [3.05, 3.63) is 30.1 Å². The van der Waals surface area contributed by atoms with Gasteiger partial charge >= 0.3 is 0 Å². The number of aromatic amines is 1. The predicted molar refractivity (Wildman–Crippen MR) is 69.1 cm³/mol. The third-order valence-corrected chi connectivity index (χ3v) is 2.90. The molecule has 1 amide bonds. The molecule has 2 N–H and O–H groups in total. The highest BCUT2D eigenvalue weighted by Crippen LogP contribution is 2.15. The molecule has 1 heterocycles. The second-order valence-electron chi connectivity index (χ2n) is 4.25. The minimum absolute atomic E-state index is 0.148. The Balaban J connectivity index is 2.13. The number of fused-ring (bicyclic) bond motifs is 1. The summed E-state index contributed by atoms with van der Waals surface area (Å²) in [5.41, 5.74) is 1.86. The van der Waals surface area contributed by atoms with E-state index in [-0.39, 0.29) is 11.9 Å². The van der Waals surface area contributed by atoms with Gasteiger partial charge in [-0.3, -0.25) is 4.79 Å². The Morgan fingerprint density at radius 1 is 1.39 bits per heavy atom. The highest BCUT2D eigenvalue weighted by Gasteiger charge is 2.17. The summed E-state index contributed by atoms with van der Waals surface area (Å²) in [6.07, 6.45) is -0.461. The van der Waals surface area contributed by atoms with E-state index in [9.17, 15) is 4.79 Å². The number of amides is 1. The van der Waals surface area contributed by atoms with Crippen molar-refractivity contribution < 1.29 is 9.53 Å². The number of rotatable bonds is 4. The van der Waals surface area contributed by atoms with Crippen LogP contribution < -0.4 is 5.32 Å². The largest absolute Gasteiger partial charge is 0.372 e. The summed E-state index contributed by atoms with van der Waals surface area (Å²) in [5.74, 6) is 0.596. The monoisotopic (exact) mass is 247 g/mol. The molecule has 18 heavy (non-hydrogen) atoms. The van der Waals surface area contributed by atoms with E-state index in [2.05, 4.69) is 15.3 Å². The lowest BCUT2D eigenvalue weighted by molar-refractivity contribution is -0.130. The maximum absolute atomic E-state index is 11.7. The molecule has 0 radical (unpaired) electrons. The summed E-state index contributed by atoms with van der Waals surface area (Å²) in [4.78, 5) is 19.3. The molecule has 0 aliphatic carbocycles. The van der Waals surface area contributed by atoms with Crippen molar-refractivity contribution >= 4 is 16.9 Å². The van der Waals surface area contributed by atoms with Gasteiger partial charge in [-0.1, -0.05) is 12.1 Å². The molecule has 2 rings (SSSR count). The van der Waals surface area contributed by atoms with Gasteiger partial charge in [0, 0.05) is 7.11 Å². The zero-order chi connectivity index (χ0) is 13.1. The van der Waals surface area contributed by atoms with E-state index in [0.29, 0.717) is 0 Å². The lowest BCUT2D eigenvalue weighted by Crippen LogP contribution is -2.35. The fraction of sp³-hybridized carbons (Fsp3) is 0.385. The minimum atomic E-state index is -0.461. The Kier molecular flexibility index (Phi) is 3.62. The van der Waals surface area contributed by atoms with Crippen molar-refractivity contribution in [2.24, 2.45) is 0 Å². The maximum atomic E-state index is 11.7. The van der Waals surface area contributed by atoms with Crippen LogP contribution in [0.5, 0.6) is 0 Å². The number of ether oxygens (including phenoxy) is 1. The molecule has 0 aliphatic heterocycles. The highest BCUT2D eigenvalue weighted by atomic mass is 16.5. The maximum Gasteiger partial charge on any atom is 0.249 e. The minimum Gasteiger partial charge on any atom is -0.372 e. The Morgan fingerprint density at radius 2 is 2.11 bits per heavy atom. The number of nitrogens with zero attached hydrogens (tertiary/aromatic N) is 1. The number of benzene rings is 1. The average Bonchev–Trinajstić information content (AvgIpc) is 2.81. The molecular formula is C13H17N3O2. The smallest absolute Gasteiger partial charge is 0.249 e. The number of hydrogen-bond donors (Lipinski definition) is 2. The Hall–Kier alpha value is -1.88. The Morgan fingerprint density at radius 3 is 2.78 bits per heavy atom. The van der Waals surface area contributed by atoms with Crippen LogP contribution in [-0.4, -0.2) is 29.1 Å². The van der Waals surface area contributed by atoms with E-state index in [1.54, 1.807) is 6.92 Å². The Bertz CT molecular complexity index is 517. The molecule has 0 fully saturated rings. The summed E-state index contributed by atoms with van der Waals surface area (Å²) in [6, 6.07) is 7.59. The van der Waals surface area contributed by atoms with E-state index in [1.807, 2.05) is 31.2 Å². The van der Waals surface area contributed by atoms with Gasteiger partial charge in [-0.25, -0.2) is 4.98 Å². The number of nitrogens with one attached hydrogen (secondary N) is 2. The number of H-pyrrole nitrogens is 1. The summed E-state index contributed by atoms with van der Waals surface area (Å²) in [6.45, 7) is 3.60. The fourth-order valence-corrected chi connectivity index (χ4v) is 1.68. The van der Waals surface area contributed by atoms with Crippen molar-refractivity contribution in [3.8, 4) is 0 Å². The van der Waals surface area contributed by atoms with E-state index >= 15 is 0 Å². The molecule has 0 saturated heterocycles. The molecular weight excluding hydrogens is 230 g/mol. The highest BCUT2D eigenvalue weighted by molar-refractivity contribution is 5.81. The van der Waals surface area contributed by atoms with E-state index in [4.69, 9.17) is 4.74 Å². The molecule has 5 heteroatoms. The molecule has 1 aromatic heterocycles. The van der Waals surface area contributed by atoms with Crippen LogP contribution in [0.15, 0.2) is 24.3 Å². The molecule has 0 spiro atoms. The van der Waals surface area contributed by atoms with Crippen molar-refractivity contribution in [3.63, 3.8) is 0 Å². The topological polar surface area (TPSA) is 67.0 Å². The number of para-hydroxylation sites is 2. The molecule has 96 valence electrons. The number of hydrogen-bond acceptors (Lipinski definition) is 3. The number of methoxy groups -OCH3 is 1. The lowest BCUT2D eigenvalue weighted by Gasteiger charge is -2.14. The van der Waals surface area contributed by atoms with Gasteiger partial charge in [0.2, 0.25) is 5.91 Å². The van der Waals surface area contributed by atoms with Gasteiger partial charge in [-0.05, 0) is 26.0 Å². The molecule has 0 aliphatic rings. The molecule has 2 atom stereocenters. The second kappa shape index (κ2) is 5.18. The van der Waals surface area contributed by atoms with Crippen molar-refractivity contribution in [2.45, 2.75) is 26.0 Å². The van der Waals surface area contributed by atoms with Gasteiger partial charge in [0.25, 0.3) is 0 Å².